The van der Waals surface area contributed by atoms with Crippen molar-refractivity contribution in [3.8, 4) is 11.5 Å². The number of anilines is 1. The summed E-state index contributed by atoms with van der Waals surface area (Å²) in [5.41, 5.74) is 4.02. The third-order valence-corrected chi connectivity index (χ3v) is 5.02. The van der Waals surface area contributed by atoms with Crippen molar-refractivity contribution < 1.29 is 14.6 Å². The van der Waals surface area contributed by atoms with Crippen LogP contribution in [0.25, 0.3) is 0 Å². The number of fused-ring (bicyclic) bond motifs is 1. The predicted molar refractivity (Wildman–Crippen MR) is 102 cm³/mol. The molecular weight excluding hydrogens is 342 g/mol. The highest BCUT2D eigenvalue weighted by Crippen LogP contribution is 2.43. The van der Waals surface area contributed by atoms with Gasteiger partial charge in [-0.2, -0.15) is 5.10 Å². The average molecular weight is 363 g/mol. The lowest BCUT2D eigenvalue weighted by atomic mass is 9.85. The molecule has 6 nitrogen and oxygen atoms in total. The summed E-state index contributed by atoms with van der Waals surface area (Å²) < 4.78 is 7.38. The average Bonchev–Trinajstić information content (AvgIpc) is 2.97. The minimum Gasteiger partial charge on any atom is -0.508 e. The number of hydrogen-bond acceptors (Lipinski definition) is 4. The molecule has 0 radical (unpaired) electrons. The largest absolute Gasteiger partial charge is 0.508 e. The molecular formula is C21H21N3O3. The zero-order valence-corrected chi connectivity index (χ0v) is 15.3. The van der Waals surface area contributed by atoms with Gasteiger partial charge in [-0.15, -0.1) is 0 Å². The predicted octanol–water partition coefficient (Wildman–Crippen LogP) is 3.43. The van der Waals surface area contributed by atoms with Crippen LogP contribution in [0.5, 0.6) is 11.5 Å². The summed E-state index contributed by atoms with van der Waals surface area (Å²) in [6.07, 6.45) is 0.312. The number of phenolic OH excluding ortho intramolecular Hbond substituents is 1. The van der Waals surface area contributed by atoms with Crippen molar-refractivity contribution >= 4 is 11.7 Å². The molecule has 1 atom stereocenters. The fourth-order valence-corrected chi connectivity index (χ4v) is 3.70. The molecule has 27 heavy (non-hydrogen) atoms. The quantitative estimate of drug-likeness (QED) is 0.745. The summed E-state index contributed by atoms with van der Waals surface area (Å²) in [5.74, 6) is 1.05. The number of nitrogens with one attached hydrogen (secondary N) is 1. The molecule has 0 spiro atoms. The van der Waals surface area contributed by atoms with Crippen LogP contribution in [0.15, 0.2) is 48.5 Å². The van der Waals surface area contributed by atoms with E-state index in [0.29, 0.717) is 24.5 Å². The van der Waals surface area contributed by atoms with Crippen molar-refractivity contribution in [1.29, 1.82) is 0 Å². The lowest BCUT2D eigenvalue weighted by Gasteiger charge is -2.24. The molecule has 1 aliphatic heterocycles. The summed E-state index contributed by atoms with van der Waals surface area (Å²) in [4.78, 5) is 12.3. The van der Waals surface area contributed by atoms with Crippen LogP contribution < -0.4 is 10.1 Å². The Hall–Kier alpha value is -3.28. The van der Waals surface area contributed by atoms with E-state index in [2.05, 4.69) is 22.5 Å². The summed E-state index contributed by atoms with van der Waals surface area (Å²) in [7, 11) is 1.56. The number of aromatic nitrogens is 2. The molecule has 2 N–H and O–H groups in total. The van der Waals surface area contributed by atoms with Gasteiger partial charge in [0.15, 0.2) is 5.82 Å². The smallest absolute Gasteiger partial charge is 0.226 e. The Morgan fingerprint density at radius 3 is 2.78 bits per heavy atom. The number of carbonyl (C=O) groups is 1. The van der Waals surface area contributed by atoms with Gasteiger partial charge in [-0.05, 0) is 18.6 Å². The lowest BCUT2D eigenvalue weighted by Crippen LogP contribution is -2.23. The molecule has 0 saturated heterocycles. The van der Waals surface area contributed by atoms with E-state index in [-0.39, 0.29) is 17.6 Å². The maximum absolute atomic E-state index is 12.3. The number of benzene rings is 2. The van der Waals surface area contributed by atoms with Gasteiger partial charge in [0.25, 0.3) is 0 Å². The molecule has 0 aliphatic carbocycles. The van der Waals surface area contributed by atoms with Crippen molar-refractivity contribution in [2.75, 3.05) is 12.4 Å². The van der Waals surface area contributed by atoms with Gasteiger partial charge in [0.1, 0.15) is 11.5 Å². The molecule has 4 rings (SSSR count). The van der Waals surface area contributed by atoms with Gasteiger partial charge in [-0.1, -0.05) is 36.4 Å². The van der Waals surface area contributed by atoms with E-state index in [4.69, 9.17) is 4.74 Å². The number of aromatic hydroxyl groups is 1. The first-order valence-corrected chi connectivity index (χ1v) is 8.84. The zero-order valence-electron chi connectivity index (χ0n) is 15.3. The molecule has 1 aliphatic rings. The van der Waals surface area contributed by atoms with Crippen LogP contribution in [0.1, 0.15) is 34.7 Å². The summed E-state index contributed by atoms with van der Waals surface area (Å²) >= 11 is 0. The first-order valence-electron chi connectivity index (χ1n) is 8.84. The molecule has 1 aromatic heterocycles. The Kier molecular flexibility index (Phi) is 4.32. The molecule has 2 aromatic carbocycles. The third-order valence-electron chi connectivity index (χ3n) is 5.02. The number of rotatable bonds is 4. The topological polar surface area (TPSA) is 76.4 Å². The van der Waals surface area contributed by atoms with Crippen molar-refractivity contribution in [3.05, 3.63) is 70.9 Å². The highest BCUT2D eigenvalue weighted by atomic mass is 16.5. The molecule has 1 amide bonds. The van der Waals surface area contributed by atoms with Crippen LogP contribution in [0.3, 0.4) is 0 Å². The standard InChI is InChI=1S/C21H21N3O3/c1-13-20-17(16-9-8-15(25)10-18(16)27-2)11-19(26)22-21(20)23-24(13)12-14-6-4-3-5-7-14/h3-10,17,25H,11-12H2,1-2H3,(H,22,23,26). The van der Waals surface area contributed by atoms with E-state index in [1.807, 2.05) is 35.9 Å². The highest BCUT2D eigenvalue weighted by molar-refractivity contribution is 5.94. The lowest BCUT2D eigenvalue weighted by molar-refractivity contribution is -0.116. The Balaban J connectivity index is 1.79. The number of carbonyl (C=O) groups excluding carboxylic acids is 1. The van der Waals surface area contributed by atoms with Gasteiger partial charge >= 0.3 is 0 Å². The van der Waals surface area contributed by atoms with Crippen molar-refractivity contribution in [2.24, 2.45) is 0 Å². The van der Waals surface area contributed by atoms with Crippen LogP contribution in [-0.4, -0.2) is 27.9 Å². The summed E-state index contributed by atoms with van der Waals surface area (Å²) in [6, 6.07) is 15.1. The van der Waals surface area contributed by atoms with Crippen LogP contribution in [0.2, 0.25) is 0 Å². The maximum Gasteiger partial charge on any atom is 0.226 e. The molecule has 0 fully saturated rings. The van der Waals surface area contributed by atoms with E-state index in [0.717, 1.165) is 22.4 Å². The van der Waals surface area contributed by atoms with Gasteiger partial charge in [0.05, 0.1) is 13.7 Å². The molecule has 138 valence electrons. The Morgan fingerprint density at radius 2 is 2.04 bits per heavy atom. The maximum atomic E-state index is 12.3. The summed E-state index contributed by atoms with van der Waals surface area (Å²) in [5, 5.41) is 17.3. The molecule has 1 unspecified atom stereocenters. The third kappa shape index (κ3) is 3.14. The fourth-order valence-electron chi connectivity index (χ4n) is 3.70. The second kappa shape index (κ2) is 6.79. The molecule has 3 aromatic rings. The van der Waals surface area contributed by atoms with Gasteiger partial charge in [0.2, 0.25) is 5.91 Å². The van der Waals surface area contributed by atoms with E-state index in [1.54, 1.807) is 19.2 Å². The Bertz CT molecular complexity index is 995. The number of amides is 1. The van der Waals surface area contributed by atoms with Crippen LogP contribution >= 0.6 is 0 Å². The van der Waals surface area contributed by atoms with Crippen LogP contribution in [-0.2, 0) is 11.3 Å². The van der Waals surface area contributed by atoms with Gasteiger partial charge < -0.3 is 15.2 Å². The van der Waals surface area contributed by atoms with Crippen molar-refractivity contribution in [3.63, 3.8) is 0 Å². The molecule has 2 heterocycles. The number of nitrogens with zero attached hydrogens (tertiary/aromatic N) is 2. The van der Waals surface area contributed by atoms with E-state index >= 15 is 0 Å². The van der Waals surface area contributed by atoms with E-state index in [9.17, 15) is 9.90 Å². The number of hydrogen-bond donors (Lipinski definition) is 2. The van der Waals surface area contributed by atoms with Crippen LogP contribution in [0, 0.1) is 6.92 Å². The summed E-state index contributed by atoms with van der Waals surface area (Å²) in [6.45, 7) is 2.65. The number of phenols is 1. The van der Waals surface area contributed by atoms with Gasteiger partial charge in [0, 0.05) is 35.2 Å². The Labute approximate surface area is 157 Å². The van der Waals surface area contributed by atoms with Crippen LogP contribution in [0.4, 0.5) is 5.82 Å². The number of ether oxygens (including phenoxy) is 1. The second-order valence-corrected chi connectivity index (χ2v) is 6.72. The van der Waals surface area contributed by atoms with Crippen molar-refractivity contribution in [2.45, 2.75) is 25.8 Å². The minimum absolute atomic E-state index is 0.0769. The number of methoxy groups -OCH3 is 1. The monoisotopic (exact) mass is 363 g/mol. The molecule has 0 bridgehead atoms. The zero-order chi connectivity index (χ0) is 19.0. The van der Waals surface area contributed by atoms with E-state index < -0.39 is 0 Å². The van der Waals surface area contributed by atoms with Gasteiger partial charge in [-0.3, -0.25) is 9.48 Å². The van der Waals surface area contributed by atoms with Gasteiger partial charge in [-0.25, -0.2) is 0 Å². The fraction of sp³-hybridized carbons (Fsp3) is 0.238. The highest BCUT2D eigenvalue weighted by Gasteiger charge is 2.33. The van der Waals surface area contributed by atoms with E-state index in [1.165, 1.54) is 0 Å². The molecule has 0 saturated carbocycles. The molecule has 6 heteroatoms. The normalized spacial score (nSPS) is 15.9. The first kappa shape index (κ1) is 17.1. The minimum atomic E-state index is -0.172. The second-order valence-electron chi connectivity index (χ2n) is 6.72. The first-order chi connectivity index (χ1) is 13.1. The van der Waals surface area contributed by atoms with Crippen molar-refractivity contribution in [1.82, 2.24) is 9.78 Å². The Morgan fingerprint density at radius 1 is 1.26 bits per heavy atom. The SMILES string of the molecule is COc1cc(O)ccc1C1CC(=O)Nc2nn(Cc3ccccc3)c(C)c21.